The highest BCUT2D eigenvalue weighted by Crippen LogP contribution is 2.45. The Balaban J connectivity index is 1.87. The molecule has 0 bridgehead atoms. The van der Waals surface area contributed by atoms with Crippen molar-refractivity contribution in [2.75, 3.05) is 24.7 Å². The lowest BCUT2D eigenvalue weighted by Crippen LogP contribution is -2.51. The second kappa shape index (κ2) is 8.77. The first kappa shape index (κ1) is 19.0. The number of hydrogen-bond acceptors (Lipinski definition) is 7. The molecule has 0 spiro atoms. The third-order valence-electron chi connectivity index (χ3n) is 4.54. The number of aliphatic hydroxyl groups excluding tert-OH is 1. The summed E-state index contributed by atoms with van der Waals surface area (Å²) in [6, 6.07) is 9.96. The van der Waals surface area contributed by atoms with Crippen molar-refractivity contribution in [2.45, 2.75) is 42.5 Å². The van der Waals surface area contributed by atoms with Gasteiger partial charge in [-0.25, -0.2) is 4.79 Å². The summed E-state index contributed by atoms with van der Waals surface area (Å²) >= 11 is 3.78. The second-order valence-corrected chi connectivity index (χ2v) is 9.18. The molecule has 0 amide bonds. The number of hydroxylamine groups is 2. The van der Waals surface area contributed by atoms with Gasteiger partial charge in [-0.1, -0.05) is 30.3 Å². The molecule has 2 heterocycles. The molecule has 2 aliphatic heterocycles. The lowest BCUT2D eigenvalue weighted by atomic mass is 9.89. The molecular weight excluding hydrogens is 358 g/mol. The van der Waals surface area contributed by atoms with E-state index < -0.39 is 5.54 Å². The van der Waals surface area contributed by atoms with E-state index >= 15 is 0 Å². The van der Waals surface area contributed by atoms with Crippen LogP contribution in [0.25, 0.3) is 0 Å². The van der Waals surface area contributed by atoms with Crippen molar-refractivity contribution in [1.82, 2.24) is 5.06 Å². The first-order valence-electron chi connectivity index (χ1n) is 8.67. The predicted molar refractivity (Wildman–Crippen MR) is 101 cm³/mol. The molecule has 2 saturated heterocycles. The van der Waals surface area contributed by atoms with Gasteiger partial charge in [-0.3, -0.25) is 4.84 Å². The zero-order valence-corrected chi connectivity index (χ0v) is 16.1. The van der Waals surface area contributed by atoms with Crippen LogP contribution in [0, 0.1) is 0 Å². The van der Waals surface area contributed by atoms with Crippen molar-refractivity contribution in [3.63, 3.8) is 0 Å². The fraction of sp³-hybridized carbons (Fsp3) is 0.611. The van der Waals surface area contributed by atoms with E-state index in [4.69, 9.17) is 9.57 Å². The quantitative estimate of drug-likeness (QED) is 0.727. The molecule has 25 heavy (non-hydrogen) atoms. The first-order valence-corrected chi connectivity index (χ1v) is 10.8. The fourth-order valence-corrected chi connectivity index (χ4v) is 6.40. The molecule has 1 aromatic rings. The van der Waals surface area contributed by atoms with Gasteiger partial charge in [0, 0.05) is 17.9 Å². The minimum atomic E-state index is -0.839. The fourth-order valence-electron chi connectivity index (χ4n) is 3.35. The van der Waals surface area contributed by atoms with Gasteiger partial charge in [0.05, 0.1) is 24.3 Å². The zero-order chi connectivity index (χ0) is 17.7. The van der Waals surface area contributed by atoms with Crippen LogP contribution in [0.2, 0.25) is 0 Å². The summed E-state index contributed by atoms with van der Waals surface area (Å²) in [6.07, 6.45) is 0.765. The number of hydrogen-bond donors (Lipinski definition) is 1. The van der Waals surface area contributed by atoms with E-state index in [0.29, 0.717) is 30.6 Å². The maximum absolute atomic E-state index is 13.0. The minimum absolute atomic E-state index is 0.0998. The maximum Gasteiger partial charge on any atom is 0.329 e. The van der Waals surface area contributed by atoms with E-state index in [-0.39, 0.29) is 18.7 Å². The number of thioether (sulfide) groups is 2. The Morgan fingerprint density at radius 1 is 1.36 bits per heavy atom. The van der Waals surface area contributed by atoms with Crippen molar-refractivity contribution in [3.05, 3.63) is 35.9 Å². The highest BCUT2D eigenvalue weighted by molar-refractivity contribution is 8.20. The van der Waals surface area contributed by atoms with E-state index in [1.807, 2.05) is 60.8 Å². The van der Waals surface area contributed by atoms with Gasteiger partial charge < -0.3 is 9.84 Å². The molecule has 2 aliphatic rings. The van der Waals surface area contributed by atoms with Gasteiger partial charge in [-0.05, 0) is 18.9 Å². The van der Waals surface area contributed by atoms with Gasteiger partial charge in [-0.15, -0.1) is 23.5 Å². The van der Waals surface area contributed by atoms with Gasteiger partial charge in [0.1, 0.15) is 11.6 Å². The number of ether oxygens (including phenoxy) is 1. The average molecular weight is 384 g/mol. The number of esters is 1. The number of carbonyl (C=O) groups excluding carboxylic acids is 1. The lowest BCUT2D eigenvalue weighted by Gasteiger charge is -2.35. The van der Waals surface area contributed by atoms with Crippen LogP contribution in [0.15, 0.2) is 30.3 Å². The predicted octanol–water partition coefficient (Wildman–Crippen LogP) is 2.68. The average Bonchev–Trinajstić information content (AvgIpc) is 3.25. The monoisotopic (exact) mass is 383 g/mol. The molecule has 2 fully saturated rings. The van der Waals surface area contributed by atoms with Gasteiger partial charge >= 0.3 is 5.97 Å². The highest BCUT2D eigenvalue weighted by atomic mass is 32.2. The molecule has 1 N–H and O–H groups in total. The molecule has 0 saturated carbocycles. The number of rotatable bonds is 7. The van der Waals surface area contributed by atoms with E-state index in [2.05, 4.69) is 0 Å². The number of nitrogens with zero attached hydrogens (tertiary/aromatic N) is 1. The Morgan fingerprint density at radius 3 is 2.72 bits per heavy atom. The molecule has 0 unspecified atom stereocenters. The van der Waals surface area contributed by atoms with Crippen molar-refractivity contribution in [2.24, 2.45) is 0 Å². The van der Waals surface area contributed by atoms with Crippen LogP contribution in [-0.2, 0) is 20.9 Å². The van der Waals surface area contributed by atoms with E-state index in [0.717, 1.165) is 17.1 Å². The minimum Gasteiger partial charge on any atom is -0.465 e. The smallest absolute Gasteiger partial charge is 0.329 e. The third-order valence-corrected chi connectivity index (χ3v) is 7.57. The largest absolute Gasteiger partial charge is 0.465 e. The van der Waals surface area contributed by atoms with E-state index in [9.17, 15) is 9.90 Å². The van der Waals surface area contributed by atoms with Crippen molar-refractivity contribution in [1.29, 1.82) is 0 Å². The summed E-state index contributed by atoms with van der Waals surface area (Å²) in [7, 11) is 0. The topological polar surface area (TPSA) is 59.0 Å². The van der Waals surface area contributed by atoms with Gasteiger partial charge in [0.2, 0.25) is 0 Å². The Morgan fingerprint density at radius 2 is 2.08 bits per heavy atom. The SMILES string of the molecule is CCOC(=O)[C@@]1(CC2SCCS2)C[C@H](CO)ON1Cc1ccccc1. The van der Waals surface area contributed by atoms with Crippen LogP contribution < -0.4 is 0 Å². The zero-order valence-electron chi connectivity index (χ0n) is 14.4. The molecule has 0 radical (unpaired) electrons. The van der Waals surface area contributed by atoms with Crippen LogP contribution in [0.5, 0.6) is 0 Å². The molecule has 0 aromatic heterocycles. The van der Waals surface area contributed by atoms with Crippen molar-refractivity contribution in [3.8, 4) is 0 Å². The Labute approximate surface area is 157 Å². The second-order valence-electron chi connectivity index (χ2n) is 6.26. The van der Waals surface area contributed by atoms with Crippen LogP contribution in [-0.4, -0.2) is 57.1 Å². The number of carbonyl (C=O) groups is 1. The van der Waals surface area contributed by atoms with Crippen LogP contribution >= 0.6 is 23.5 Å². The molecule has 5 nitrogen and oxygen atoms in total. The summed E-state index contributed by atoms with van der Waals surface area (Å²) in [6.45, 7) is 2.57. The highest BCUT2D eigenvalue weighted by Gasteiger charge is 2.55. The molecule has 1 aromatic carbocycles. The van der Waals surface area contributed by atoms with Gasteiger partial charge in [0.15, 0.2) is 0 Å². The normalized spacial score (nSPS) is 27.7. The van der Waals surface area contributed by atoms with Crippen LogP contribution in [0.1, 0.15) is 25.3 Å². The summed E-state index contributed by atoms with van der Waals surface area (Å²) in [4.78, 5) is 18.9. The molecule has 3 rings (SSSR count). The summed E-state index contributed by atoms with van der Waals surface area (Å²) in [5.41, 5.74) is 0.232. The Kier molecular flexibility index (Phi) is 6.68. The summed E-state index contributed by atoms with van der Waals surface area (Å²) < 4.78 is 5.79. The number of aliphatic hydroxyl groups is 1. The maximum atomic E-state index is 13.0. The standard InChI is InChI=1S/C18H25NO4S2/c1-2-22-17(21)18(11-16-24-8-9-25-16)10-15(13-20)23-19(18)12-14-6-4-3-5-7-14/h3-7,15-16,20H,2,8-13H2,1H3/t15-,18+/m1/s1. The molecule has 0 aliphatic carbocycles. The van der Waals surface area contributed by atoms with Crippen molar-refractivity contribution >= 4 is 29.5 Å². The molecular formula is C18H25NO4S2. The molecule has 7 heteroatoms. The summed E-state index contributed by atoms with van der Waals surface area (Å²) in [5, 5.41) is 11.4. The third kappa shape index (κ3) is 4.34. The van der Waals surface area contributed by atoms with E-state index in [1.165, 1.54) is 0 Å². The van der Waals surface area contributed by atoms with Gasteiger partial charge in [0.25, 0.3) is 0 Å². The molecule has 2 atom stereocenters. The van der Waals surface area contributed by atoms with Gasteiger partial charge in [-0.2, -0.15) is 5.06 Å². The lowest BCUT2D eigenvalue weighted by molar-refractivity contribution is -0.213. The molecule has 138 valence electrons. The van der Waals surface area contributed by atoms with E-state index in [1.54, 1.807) is 5.06 Å². The van der Waals surface area contributed by atoms with Crippen molar-refractivity contribution < 1.29 is 19.5 Å². The van der Waals surface area contributed by atoms with Crippen LogP contribution in [0.4, 0.5) is 0 Å². The summed E-state index contributed by atoms with van der Waals surface area (Å²) in [5.74, 6) is 1.98. The Bertz CT molecular complexity index is 567. The van der Waals surface area contributed by atoms with Crippen LogP contribution in [0.3, 0.4) is 0 Å². The first-order chi connectivity index (χ1) is 12.2. The number of benzene rings is 1. The Hall–Kier alpha value is -0.730.